The summed E-state index contributed by atoms with van der Waals surface area (Å²) >= 11 is 0. The number of carbonyl (C=O) groups is 1. The molecule has 2 aromatic rings. The number of pyridine rings is 1. The molecule has 0 saturated heterocycles. The van der Waals surface area contributed by atoms with Crippen LogP contribution < -0.4 is 5.73 Å². The van der Waals surface area contributed by atoms with E-state index in [2.05, 4.69) is 4.98 Å². The van der Waals surface area contributed by atoms with Gasteiger partial charge in [0.1, 0.15) is 0 Å². The fraction of sp³-hybridized carbons (Fsp3) is 0.143. The number of hydrogen-bond acceptors (Lipinski definition) is 3. The van der Waals surface area contributed by atoms with Crippen molar-refractivity contribution in [3.05, 3.63) is 65.5 Å². The van der Waals surface area contributed by atoms with Gasteiger partial charge in [-0.1, -0.05) is 18.2 Å². The summed E-state index contributed by atoms with van der Waals surface area (Å²) in [6.07, 6.45) is 1.69. The maximum absolute atomic E-state index is 10.8. The van der Waals surface area contributed by atoms with Gasteiger partial charge in [-0.05, 0) is 36.8 Å². The number of carboxylic acids is 1. The van der Waals surface area contributed by atoms with E-state index in [9.17, 15) is 4.79 Å². The van der Waals surface area contributed by atoms with Gasteiger partial charge in [-0.15, -0.1) is 0 Å². The van der Waals surface area contributed by atoms with Gasteiger partial charge in [0.05, 0.1) is 16.8 Å². The molecule has 0 amide bonds. The van der Waals surface area contributed by atoms with E-state index in [4.69, 9.17) is 10.8 Å². The molecule has 0 fully saturated rings. The zero-order chi connectivity index (χ0) is 13.2. The molecule has 1 heterocycles. The summed E-state index contributed by atoms with van der Waals surface area (Å²) in [5.41, 5.74) is 7.35. The van der Waals surface area contributed by atoms with Crippen LogP contribution in [-0.2, 0) is 5.54 Å². The first kappa shape index (κ1) is 16.5. The van der Waals surface area contributed by atoms with Crippen LogP contribution in [-0.4, -0.2) is 67.4 Å². The van der Waals surface area contributed by atoms with Crippen LogP contribution in [0.2, 0.25) is 0 Å². The number of nitrogens with two attached hydrogens (primary N) is 1. The van der Waals surface area contributed by atoms with Crippen LogP contribution in [0.15, 0.2) is 48.7 Å². The van der Waals surface area contributed by atoms with Crippen LogP contribution in [0.5, 0.6) is 0 Å². The third-order valence-electron chi connectivity index (χ3n) is 2.93. The van der Waals surface area contributed by atoms with Gasteiger partial charge in [0.25, 0.3) is 0 Å². The van der Waals surface area contributed by atoms with Gasteiger partial charge in [-0.3, -0.25) is 4.98 Å². The third-order valence-corrected chi connectivity index (χ3v) is 2.93. The number of nitrogens with zero attached hydrogens (tertiary/aromatic N) is 1. The Morgan fingerprint density at radius 3 is 2.32 bits per heavy atom. The average Bonchev–Trinajstić information content (AvgIpc) is 2.40. The summed E-state index contributed by atoms with van der Waals surface area (Å²) in [6, 6.07) is 12.1. The molecule has 2 rings (SSSR count). The van der Waals surface area contributed by atoms with Crippen molar-refractivity contribution in [1.29, 1.82) is 0 Å². The van der Waals surface area contributed by atoms with E-state index in [1.165, 1.54) is 0 Å². The number of benzene rings is 1. The zero-order valence-electron chi connectivity index (χ0n) is 10.00. The standard InChI is InChI=1S/C14H14N2O2.K.H/c1-14(15,12-4-2-3-9-16-12)11-7-5-10(6-8-11)13(17)18;;/h2-9H,15H2,1H3,(H,17,18);;. The summed E-state index contributed by atoms with van der Waals surface area (Å²) in [4.78, 5) is 15.0. The predicted molar refractivity (Wildman–Crippen MR) is 75.4 cm³/mol. The number of carboxylic acid groups (broad SMARTS) is 1. The third kappa shape index (κ3) is 3.72. The van der Waals surface area contributed by atoms with Crippen LogP contribution in [0.3, 0.4) is 0 Å². The molecule has 0 bridgehead atoms. The van der Waals surface area contributed by atoms with E-state index in [-0.39, 0.29) is 56.9 Å². The summed E-state index contributed by atoms with van der Waals surface area (Å²) in [5.74, 6) is -0.946. The molecule has 19 heavy (non-hydrogen) atoms. The molecule has 5 heteroatoms. The van der Waals surface area contributed by atoms with E-state index in [1.54, 1.807) is 30.5 Å². The summed E-state index contributed by atoms with van der Waals surface area (Å²) < 4.78 is 0. The molecule has 3 N–H and O–H groups in total. The van der Waals surface area contributed by atoms with Crippen LogP contribution in [0.25, 0.3) is 0 Å². The van der Waals surface area contributed by atoms with E-state index in [1.807, 2.05) is 25.1 Å². The predicted octanol–water partition coefficient (Wildman–Crippen LogP) is 1.35. The molecule has 1 aromatic heterocycles. The van der Waals surface area contributed by atoms with Gasteiger partial charge in [0.15, 0.2) is 0 Å². The van der Waals surface area contributed by atoms with Crippen LogP contribution in [0, 0.1) is 0 Å². The Morgan fingerprint density at radius 1 is 1.21 bits per heavy atom. The molecule has 4 nitrogen and oxygen atoms in total. The minimum absolute atomic E-state index is 0. The monoisotopic (exact) mass is 282 g/mol. The summed E-state index contributed by atoms with van der Waals surface area (Å²) in [6.45, 7) is 1.85. The minimum atomic E-state index is -0.946. The van der Waals surface area contributed by atoms with Crippen molar-refractivity contribution in [3.8, 4) is 0 Å². The molecule has 0 radical (unpaired) electrons. The van der Waals surface area contributed by atoms with Crippen molar-refractivity contribution >= 4 is 57.4 Å². The van der Waals surface area contributed by atoms with Gasteiger partial charge < -0.3 is 10.8 Å². The number of aromatic nitrogens is 1. The number of hydrogen-bond donors (Lipinski definition) is 2. The second kappa shape index (κ2) is 6.74. The second-order valence-electron chi connectivity index (χ2n) is 4.30. The van der Waals surface area contributed by atoms with Gasteiger partial charge >= 0.3 is 57.4 Å². The molecule has 0 aliphatic heterocycles. The van der Waals surface area contributed by atoms with Crippen molar-refractivity contribution in [2.24, 2.45) is 5.73 Å². The Balaban J connectivity index is 0.00000180. The van der Waals surface area contributed by atoms with Crippen molar-refractivity contribution in [1.82, 2.24) is 4.98 Å². The normalized spacial score (nSPS) is 13.2. The SMILES string of the molecule is CC(N)(c1ccc(C(=O)O)cc1)c1ccccn1.[KH]. The van der Waals surface area contributed by atoms with Gasteiger partial charge in [-0.2, -0.15) is 0 Å². The van der Waals surface area contributed by atoms with E-state index < -0.39 is 11.5 Å². The van der Waals surface area contributed by atoms with Crippen LogP contribution >= 0.6 is 0 Å². The molecule has 1 atom stereocenters. The first-order chi connectivity index (χ1) is 8.51. The Morgan fingerprint density at radius 2 is 1.84 bits per heavy atom. The Hall–Kier alpha value is -0.564. The Kier molecular flexibility index (Phi) is 5.85. The van der Waals surface area contributed by atoms with E-state index in [0.717, 1.165) is 11.3 Å². The number of rotatable bonds is 3. The van der Waals surface area contributed by atoms with Crippen molar-refractivity contribution in [2.45, 2.75) is 12.5 Å². The Labute approximate surface area is 154 Å². The van der Waals surface area contributed by atoms with Crippen molar-refractivity contribution < 1.29 is 9.90 Å². The van der Waals surface area contributed by atoms with Gasteiger partial charge in [0, 0.05) is 6.20 Å². The Bertz CT molecular complexity index is 553. The van der Waals surface area contributed by atoms with E-state index >= 15 is 0 Å². The van der Waals surface area contributed by atoms with Gasteiger partial charge in [0.2, 0.25) is 0 Å². The van der Waals surface area contributed by atoms with Crippen molar-refractivity contribution in [2.75, 3.05) is 0 Å². The summed E-state index contributed by atoms with van der Waals surface area (Å²) in [5, 5.41) is 8.85. The molecule has 0 saturated carbocycles. The molecular weight excluding hydrogens is 267 g/mol. The van der Waals surface area contributed by atoms with E-state index in [0.29, 0.717) is 0 Å². The first-order valence-electron chi connectivity index (χ1n) is 5.56. The molecule has 94 valence electrons. The van der Waals surface area contributed by atoms with Crippen LogP contribution in [0.4, 0.5) is 0 Å². The molecule has 0 spiro atoms. The number of aromatic carboxylic acids is 1. The fourth-order valence-corrected chi connectivity index (χ4v) is 1.78. The second-order valence-corrected chi connectivity index (χ2v) is 4.30. The summed E-state index contributed by atoms with van der Waals surface area (Å²) in [7, 11) is 0. The molecule has 1 aromatic carbocycles. The average molecular weight is 282 g/mol. The van der Waals surface area contributed by atoms with Gasteiger partial charge in [-0.25, -0.2) is 4.79 Å². The molecular formula is C14H15KN2O2. The topological polar surface area (TPSA) is 76.2 Å². The molecule has 0 aliphatic carbocycles. The van der Waals surface area contributed by atoms with Crippen molar-refractivity contribution in [3.63, 3.8) is 0 Å². The quantitative estimate of drug-likeness (QED) is 0.833. The first-order valence-corrected chi connectivity index (χ1v) is 5.56. The fourth-order valence-electron chi connectivity index (χ4n) is 1.78. The van der Waals surface area contributed by atoms with Crippen LogP contribution in [0.1, 0.15) is 28.5 Å². The zero-order valence-corrected chi connectivity index (χ0v) is 10.00. The molecule has 0 aliphatic rings. The molecule has 1 unspecified atom stereocenters. The maximum atomic E-state index is 10.8.